The number of hydrogen-bond acceptors (Lipinski definition) is 5. The molecule has 0 bridgehead atoms. The van der Waals surface area contributed by atoms with Gasteiger partial charge in [0.1, 0.15) is 4.88 Å². The van der Waals surface area contributed by atoms with Crippen molar-refractivity contribution in [2.75, 3.05) is 20.1 Å². The van der Waals surface area contributed by atoms with Crippen LogP contribution in [0.15, 0.2) is 16.3 Å². The molecule has 0 aliphatic rings. The minimum Gasteiger partial charge on any atom is -0.477 e. The van der Waals surface area contributed by atoms with Crippen LogP contribution in [0.25, 0.3) is 0 Å². The second-order valence-electron chi connectivity index (χ2n) is 3.56. The van der Waals surface area contributed by atoms with E-state index in [0.717, 1.165) is 21.7 Å². The minimum absolute atomic E-state index is 0.0606. The second kappa shape index (κ2) is 6.13. The van der Waals surface area contributed by atoms with Crippen LogP contribution >= 0.6 is 11.3 Å². The number of aromatic carboxylic acids is 1. The highest BCUT2D eigenvalue weighted by atomic mass is 32.2. The predicted octanol–water partition coefficient (Wildman–Crippen LogP) is 0.203. The van der Waals surface area contributed by atoms with Crippen LogP contribution in [-0.4, -0.2) is 49.8 Å². The Hall–Kier alpha value is -1.45. The Balaban J connectivity index is 3.06. The van der Waals surface area contributed by atoms with E-state index >= 15 is 0 Å². The van der Waals surface area contributed by atoms with Gasteiger partial charge in [-0.15, -0.1) is 11.3 Å². The molecule has 0 aromatic carbocycles. The van der Waals surface area contributed by atoms with Gasteiger partial charge >= 0.3 is 5.97 Å². The molecule has 1 heterocycles. The van der Waals surface area contributed by atoms with E-state index in [1.807, 2.05) is 0 Å². The van der Waals surface area contributed by atoms with Crippen molar-refractivity contribution in [2.45, 2.75) is 11.8 Å². The molecule has 0 aliphatic heterocycles. The molecule has 0 fully saturated rings. The Kier molecular flexibility index (Phi) is 5.04. The van der Waals surface area contributed by atoms with E-state index in [2.05, 4.69) is 5.32 Å². The van der Waals surface area contributed by atoms with Crippen molar-refractivity contribution in [3.8, 4) is 0 Å². The van der Waals surface area contributed by atoms with Gasteiger partial charge in [0.15, 0.2) is 0 Å². The summed E-state index contributed by atoms with van der Waals surface area (Å²) in [4.78, 5) is 21.8. The number of thiophene rings is 1. The Morgan fingerprint density at radius 2 is 2.11 bits per heavy atom. The smallest absolute Gasteiger partial charge is 0.345 e. The van der Waals surface area contributed by atoms with Gasteiger partial charge in [-0.3, -0.25) is 4.79 Å². The molecule has 0 unspecified atom stereocenters. The maximum atomic E-state index is 12.2. The van der Waals surface area contributed by atoms with Crippen LogP contribution in [-0.2, 0) is 14.8 Å². The molecule has 0 spiro atoms. The van der Waals surface area contributed by atoms with Crippen LogP contribution in [0.2, 0.25) is 0 Å². The van der Waals surface area contributed by atoms with Gasteiger partial charge in [-0.05, 0) is 6.07 Å². The number of carbonyl (C=O) groups excluding carboxylic acids is 1. The van der Waals surface area contributed by atoms with Crippen molar-refractivity contribution in [1.29, 1.82) is 0 Å². The van der Waals surface area contributed by atoms with Gasteiger partial charge in [0, 0.05) is 19.0 Å². The zero-order valence-corrected chi connectivity index (χ0v) is 12.0. The van der Waals surface area contributed by atoms with Crippen molar-refractivity contribution < 1.29 is 23.1 Å². The maximum Gasteiger partial charge on any atom is 0.345 e. The molecule has 0 aliphatic carbocycles. The lowest BCUT2D eigenvalue weighted by molar-refractivity contribution is -0.120. The number of likely N-dealkylation sites (N-methyl/N-ethyl adjacent to an activating group) is 2. The molecule has 0 radical (unpaired) electrons. The molecule has 1 amide bonds. The van der Waals surface area contributed by atoms with Crippen LogP contribution < -0.4 is 5.32 Å². The third-order valence-corrected chi connectivity index (χ3v) is 5.34. The van der Waals surface area contributed by atoms with E-state index < -0.39 is 21.9 Å². The van der Waals surface area contributed by atoms with E-state index in [9.17, 15) is 18.0 Å². The first-order chi connectivity index (χ1) is 8.82. The van der Waals surface area contributed by atoms with Gasteiger partial charge in [-0.1, -0.05) is 6.92 Å². The van der Waals surface area contributed by atoms with Gasteiger partial charge in [-0.25, -0.2) is 13.2 Å². The highest BCUT2D eigenvalue weighted by Gasteiger charge is 2.26. The molecule has 7 nitrogen and oxygen atoms in total. The van der Waals surface area contributed by atoms with Gasteiger partial charge in [0.2, 0.25) is 15.9 Å². The van der Waals surface area contributed by atoms with Crippen molar-refractivity contribution in [3.05, 3.63) is 16.3 Å². The van der Waals surface area contributed by atoms with Crippen LogP contribution in [0.5, 0.6) is 0 Å². The molecular weight excluding hydrogens is 292 g/mol. The van der Waals surface area contributed by atoms with Crippen LogP contribution in [0.4, 0.5) is 0 Å². The standard InChI is InChI=1S/C10H14N2O5S2/c1-3-12(5-9(13)11-2)19(16,17)7-4-8(10(14)15)18-6-7/h4,6H,3,5H2,1-2H3,(H,11,13)(H,14,15). The zero-order valence-electron chi connectivity index (χ0n) is 10.4. The number of carboxylic acid groups (broad SMARTS) is 1. The molecule has 0 saturated heterocycles. The lowest BCUT2D eigenvalue weighted by Crippen LogP contribution is -2.39. The summed E-state index contributed by atoms with van der Waals surface area (Å²) < 4.78 is 25.4. The molecule has 19 heavy (non-hydrogen) atoms. The van der Waals surface area contributed by atoms with Crippen LogP contribution in [0, 0.1) is 0 Å². The molecule has 1 aromatic heterocycles. The van der Waals surface area contributed by atoms with Gasteiger partial charge < -0.3 is 10.4 Å². The maximum absolute atomic E-state index is 12.2. The fourth-order valence-corrected chi connectivity index (χ4v) is 3.83. The molecule has 0 atom stereocenters. The molecule has 9 heteroatoms. The summed E-state index contributed by atoms with van der Waals surface area (Å²) in [6.45, 7) is 1.42. The number of carboxylic acids is 1. The summed E-state index contributed by atoms with van der Waals surface area (Å²) >= 11 is 0.831. The van der Waals surface area contributed by atoms with Crippen molar-refractivity contribution in [2.24, 2.45) is 0 Å². The Morgan fingerprint density at radius 1 is 1.47 bits per heavy atom. The first-order valence-corrected chi connectivity index (χ1v) is 7.67. The quantitative estimate of drug-likeness (QED) is 0.781. The number of carbonyl (C=O) groups is 2. The first kappa shape index (κ1) is 15.6. The van der Waals surface area contributed by atoms with Crippen molar-refractivity contribution >= 4 is 33.2 Å². The Morgan fingerprint density at radius 3 is 2.53 bits per heavy atom. The van der Waals surface area contributed by atoms with Gasteiger partial charge in [-0.2, -0.15) is 4.31 Å². The summed E-state index contributed by atoms with van der Waals surface area (Å²) in [6, 6.07) is 1.09. The molecule has 2 N–H and O–H groups in total. The summed E-state index contributed by atoms with van der Waals surface area (Å²) in [6.07, 6.45) is 0. The highest BCUT2D eigenvalue weighted by Crippen LogP contribution is 2.22. The van der Waals surface area contributed by atoms with E-state index in [1.165, 1.54) is 12.4 Å². The third kappa shape index (κ3) is 3.52. The number of rotatable bonds is 6. The SMILES string of the molecule is CCN(CC(=O)NC)S(=O)(=O)c1csc(C(=O)O)c1. The van der Waals surface area contributed by atoms with Gasteiger partial charge in [0.25, 0.3) is 0 Å². The van der Waals surface area contributed by atoms with E-state index in [1.54, 1.807) is 6.92 Å². The fourth-order valence-electron chi connectivity index (χ4n) is 1.32. The predicted molar refractivity (Wildman–Crippen MR) is 69.8 cm³/mol. The largest absolute Gasteiger partial charge is 0.477 e. The van der Waals surface area contributed by atoms with Crippen molar-refractivity contribution in [3.63, 3.8) is 0 Å². The van der Waals surface area contributed by atoms with E-state index in [4.69, 9.17) is 5.11 Å². The first-order valence-electron chi connectivity index (χ1n) is 5.35. The summed E-state index contributed by atoms with van der Waals surface area (Å²) in [5, 5.41) is 12.4. The minimum atomic E-state index is -3.85. The number of sulfonamides is 1. The number of amides is 1. The molecular formula is C10H14N2O5S2. The van der Waals surface area contributed by atoms with Gasteiger partial charge in [0.05, 0.1) is 11.4 Å². The number of hydrogen-bond donors (Lipinski definition) is 2. The number of nitrogens with zero attached hydrogens (tertiary/aromatic N) is 1. The average molecular weight is 306 g/mol. The topological polar surface area (TPSA) is 104 Å². The van der Waals surface area contributed by atoms with E-state index in [0.29, 0.717) is 0 Å². The molecule has 1 rings (SSSR count). The normalized spacial score (nSPS) is 11.5. The van der Waals surface area contributed by atoms with Crippen LogP contribution in [0.1, 0.15) is 16.6 Å². The molecule has 1 aromatic rings. The monoisotopic (exact) mass is 306 g/mol. The summed E-state index contributed by atoms with van der Waals surface area (Å²) in [5.74, 6) is -1.61. The van der Waals surface area contributed by atoms with Crippen LogP contribution in [0.3, 0.4) is 0 Å². The fraction of sp³-hybridized carbons (Fsp3) is 0.400. The summed E-state index contributed by atoms with van der Waals surface area (Å²) in [7, 11) is -2.44. The third-order valence-electron chi connectivity index (χ3n) is 2.38. The summed E-state index contributed by atoms with van der Waals surface area (Å²) in [5.41, 5.74) is 0. The highest BCUT2D eigenvalue weighted by molar-refractivity contribution is 7.89. The number of nitrogens with one attached hydrogen (secondary N) is 1. The zero-order chi connectivity index (χ0) is 14.6. The second-order valence-corrected chi connectivity index (χ2v) is 6.41. The molecule has 0 saturated carbocycles. The lowest BCUT2D eigenvalue weighted by Gasteiger charge is -2.18. The Bertz CT molecular complexity index is 578. The van der Waals surface area contributed by atoms with E-state index in [-0.39, 0.29) is 22.9 Å². The molecule has 106 valence electrons. The lowest BCUT2D eigenvalue weighted by atomic mass is 10.5. The average Bonchev–Trinajstić information content (AvgIpc) is 2.85. The van der Waals surface area contributed by atoms with Crippen molar-refractivity contribution in [1.82, 2.24) is 9.62 Å². The Labute approximate surface area is 114 Å².